The number of hydrogen-bond acceptors (Lipinski definition) is 5. The van der Waals surface area contributed by atoms with Crippen molar-refractivity contribution in [2.45, 2.75) is 61.7 Å². The Labute approximate surface area is 146 Å². The molecule has 0 aromatic heterocycles. The summed E-state index contributed by atoms with van der Waals surface area (Å²) in [5.74, 6) is 1.39. The lowest BCUT2D eigenvalue weighted by Gasteiger charge is -2.60. The lowest BCUT2D eigenvalue weighted by Crippen LogP contribution is -2.74. The molecule has 3 aliphatic carbocycles. The molecule has 0 radical (unpaired) electrons. The quantitative estimate of drug-likeness (QED) is 0.854. The van der Waals surface area contributed by atoms with Gasteiger partial charge in [0.05, 0.1) is 11.0 Å². The molecule has 1 saturated heterocycles. The molecule has 0 amide bonds. The van der Waals surface area contributed by atoms with E-state index in [0.29, 0.717) is 31.2 Å². The second-order valence-electron chi connectivity index (χ2n) is 8.85. The molecule has 1 aromatic rings. The monoisotopic (exact) mass is 341 g/mol. The Kier molecular flexibility index (Phi) is 2.55. The van der Waals surface area contributed by atoms with Crippen molar-refractivity contribution in [2.75, 3.05) is 13.1 Å². The average molecular weight is 341 g/mol. The molecular formula is C20H23NO4. The Hall–Kier alpha value is -1.59. The van der Waals surface area contributed by atoms with Crippen molar-refractivity contribution in [1.29, 1.82) is 0 Å². The third kappa shape index (κ3) is 1.64. The van der Waals surface area contributed by atoms with E-state index >= 15 is 0 Å². The molecule has 2 N–H and O–H groups in total. The lowest BCUT2D eigenvalue weighted by atomic mass is 9.51. The molecule has 132 valence electrons. The smallest absolute Gasteiger partial charge is 0.174 e. The highest BCUT2D eigenvalue weighted by Crippen LogP contribution is 2.63. The normalized spacial score (nSPS) is 41.4. The van der Waals surface area contributed by atoms with Gasteiger partial charge in [0.15, 0.2) is 23.4 Å². The van der Waals surface area contributed by atoms with E-state index in [9.17, 15) is 15.0 Å². The zero-order chi connectivity index (χ0) is 17.0. The maximum absolute atomic E-state index is 12.7. The highest BCUT2D eigenvalue weighted by molar-refractivity contribution is 5.89. The van der Waals surface area contributed by atoms with Crippen LogP contribution in [0.2, 0.25) is 0 Å². The van der Waals surface area contributed by atoms with Gasteiger partial charge >= 0.3 is 0 Å². The molecule has 2 heterocycles. The average Bonchev–Trinajstić information content (AvgIpc) is 3.32. The van der Waals surface area contributed by atoms with Crippen LogP contribution in [0.3, 0.4) is 0 Å². The molecule has 2 bridgehead atoms. The number of carbonyl (C=O) groups is 1. The number of carbonyl (C=O) groups excluding carboxylic acids is 1. The number of likely N-dealkylation sites (tertiary alicyclic amines) is 1. The largest absolute Gasteiger partial charge is 0.504 e. The van der Waals surface area contributed by atoms with E-state index in [4.69, 9.17) is 4.74 Å². The van der Waals surface area contributed by atoms with Crippen molar-refractivity contribution in [2.24, 2.45) is 5.92 Å². The van der Waals surface area contributed by atoms with Crippen LogP contribution >= 0.6 is 0 Å². The fourth-order valence-electron chi connectivity index (χ4n) is 6.13. The van der Waals surface area contributed by atoms with E-state index in [1.807, 2.05) is 6.07 Å². The molecule has 5 heteroatoms. The molecule has 2 aliphatic heterocycles. The minimum absolute atomic E-state index is 0.0718. The van der Waals surface area contributed by atoms with Crippen LogP contribution in [0.4, 0.5) is 0 Å². The number of hydrogen-bond donors (Lipinski definition) is 2. The van der Waals surface area contributed by atoms with Crippen LogP contribution < -0.4 is 4.74 Å². The summed E-state index contributed by atoms with van der Waals surface area (Å²) in [6.45, 7) is 1.68. The minimum atomic E-state index is -0.953. The van der Waals surface area contributed by atoms with Crippen LogP contribution in [0.25, 0.3) is 0 Å². The molecule has 1 spiro atoms. The summed E-state index contributed by atoms with van der Waals surface area (Å²) >= 11 is 0. The maximum atomic E-state index is 12.7. The third-order valence-corrected chi connectivity index (χ3v) is 7.44. The first-order valence-electron chi connectivity index (χ1n) is 9.53. The molecule has 1 aromatic carbocycles. The van der Waals surface area contributed by atoms with Crippen LogP contribution in [-0.2, 0) is 16.6 Å². The Morgan fingerprint density at radius 1 is 1.32 bits per heavy atom. The number of rotatable bonds is 2. The van der Waals surface area contributed by atoms with Gasteiger partial charge in [-0.1, -0.05) is 6.07 Å². The number of aromatic hydroxyl groups is 1. The molecular weight excluding hydrogens is 318 g/mol. The summed E-state index contributed by atoms with van der Waals surface area (Å²) in [7, 11) is 0. The first kappa shape index (κ1) is 14.6. The van der Waals surface area contributed by atoms with E-state index < -0.39 is 17.1 Å². The van der Waals surface area contributed by atoms with Crippen molar-refractivity contribution in [3.8, 4) is 11.5 Å². The fourth-order valence-corrected chi connectivity index (χ4v) is 6.13. The SMILES string of the molecule is O=C1CCC2(O)CN(CC3CC3)C3Cc4ccc(O)c5c4C2(C3)C1O5. The maximum Gasteiger partial charge on any atom is 0.174 e. The molecule has 4 atom stereocenters. The van der Waals surface area contributed by atoms with Crippen LogP contribution in [0.1, 0.15) is 43.2 Å². The number of ether oxygens (including phenoxy) is 1. The van der Waals surface area contributed by atoms with Crippen LogP contribution in [0.15, 0.2) is 12.1 Å². The second kappa shape index (κ2) is 4.38. The summed E-state index contributed by atoms with van der Waals surface area (Å²) in [5.41, 5.74) is 0.440. The number of β-amino-alcohol motifs (C(OH)–C–C–N with tert-alkyl or cyclic N) is 1. The lowest BCUT2D eigenvalue weighted by molar-refractivity contribution is -0.175. The van der Waals surface area contributed by atoms with Crippen molar-refractivity contribution >= 4 is 5.78 Å². The van der Waals surface area contributed by atoms with Crippen LogP contribution in [0, 0.1) is 5.92 Å². The number of ketones is 1. The molecule has 4 unspecified atom stereocenters. The molecule has 3 fully saturated rings. The molecule has 6 rings (SSSR count). The van der Waals surface area contributed by atoms with E-state index in [-0.39, 0.29) is 11.5 Å². The van der Waals surface area contributed by atoms with Crippen molar-refractivity contribution in [3.05, 3.63) is 23.3 Å². The van der Waals surface area contributed by atoms with Gasteiger partial charge < -0.3 is 14.9 Å². The van der Waals surface area contributed by atoms with Crippen LogP contribution in [0.5, 0.6) is 11.5 Å². The zero-order valence-electron chi connectivity index (χ0n) is 14.2. The number of fused-ring (bicyclic) bond motifs is 1. The topological polar surface area (TPSA) is 70.0 Å². The Morgan fingerprint density at radius 2 is 2.16 bits per heavy atom. The van der Waals surface area contributed by atoms with Gasteiger partial charge in [-0.15, -0.1) is 0 Å². The van der Waals surface area contributed by atoms with Gasteiger partial charge in [-0.25, -0.2) is 0 Å². The number of aliphatic hydroxyl groups is 1. The van der Waals surface area contributed by atoms with Gasteiger partial charge in [-0.2, -0.15) is 0 Å². The highest BCUT2D eigenvalue weighted by atomic mass is 16.5. The van der Waals surface area contributed by atoms with Crippen LogP contribution in [-0.4, -0.2) is 51.7 Å². The number of phenols is 1. The number of piperidine rings is 1. The summed E-state index contributed by atoms with van der Waals surface area (Å²) in [5, 5.41) is 22.1. The van der Waals surface area contributed by atoms with E-state index in [0.717, 1.165) is 36.4 Å². The molecule has 5 nitrogen and oxygen atoms in total. The first-order chi connectivity index (χ1) is 12.0. The van der Waals surface area contributed by atoms with Gasteiger partial charge in [-0.05, 0) is 49.7 Å². The molecule has 2 saturated carbocycles. The van der Waals surface area contributed by atoms with Crippen molar-refractivity contribution in [1.82, 2.24) is 4.90 Å². The number of Topliss-reactive ketones (excluding diaryl/α,β-unsaturated/α-hetero) is 1. The fraction of sp³-hybridized carbons (Fsp3) is 0.650. The van der Waals surface area contributed by atoms with Crippen molar-refractivity contribution in [3.63, 3.8) is 0 Å². The van der Waals surface area contributed by atoms with E-state index in [2.05, 4.69) is 4.90 Å². The first-order valence-corrected chi connectivity index (χ1v) is 9.53. The third-order valence-electron chi connectivity index (χ3n) is 7.44. The predicted molar refractivity (Wildman–Crippen MR) is 89.8 cm³/mol. The second-order valence-corrected chi connectivity index (χ2v) is 8.85. The standard InChI is InChI=1S/C20H23NO4/c22-14-4-3-12-7-13-8-20-16(12)17(14)25-18(20)15(23)5-6-19(20,24)10-21(13)9-11-1-2-11/h3-4,11,13,18,22,24H,1-2,5-10H2. The number of benzene rings is 1. The molecule has 25 heavy (non-hydrogen) atoms. The summed E-state index contributed by atoms with van der Waals surface area (Å²) in [6, 6.07) is 3.99. The molecule has 5 aliphatic rings. The Morgan fingerprint density at radius 3 is 2.96 bits per heavy atom. The highest BCUT2D eigenvalue weighted by Gasteiger charge is 2.71. The zero-order valence-corrected chi connectivity index (χ0v) is 14.2. The summed E-state index contributed by atoms with van der Waals surface area (Å²) in [4.78, 5) is 15.2. The van der Waals surface area contributed by atoms with Gasteiger partial charge in [0.2, 0.25) is 0 Å². The van der Waals surface area contributed by atoms with Crippen molar-refractivity contribution < 1.29 is 19.7 Å². The summed E-state index contributed by atoms with van der Waals surface area (Å²) < 4.78 is 6.04. The van der Waals surface area contributed by atoms with Gasteiger partial charge in [0.25, 0.3) is 0 Å². The Balaban J connectivity index is 1.57. The van der Waals surface area contributed by atoms with Gasteiger partial charge in [0, 0.05) is 31.1 Å². The van der Waals surface area contributed by atoms with Gasteiger partial charge in [0.1, 0.15) is 0 Å². The van der Waals surface area contributed by atoms with Gasteiger partial charge in [-0.3, -0.25) is 9.69 Å². The summed E-state index contributed by atoms with van der Waals surface area (Å²) in [6.07, 6.45) is 4.48. The number of phenolic OH excluding ortho intramolecular Hbond substituents is 1. The number of nitrogens with zero attached hydrogens (tertiary/aromatic N) is 1. The predicted octanol–water partition coefficient (Wildman–Crippen LogP) is 1.53. The van der Waals surface area contributed by atoms with E-state index in [1.165, 1.54) is 12.8 Å². The Bertz CT molecular complexity index is 803. The van der Waals surface area contributed by atoms with E-state index in [1.54, 1.807) is 6.07 Å². The minimum Gasteiger partial charge on any atom is -0.504 e.